The summed E-state index contributed by atoms with van der Waals surface area (Å²) in [5.41, 5.74) is 0.996. The standard InChI is InChI=1S/C15H19N5O3S/c1-3-20-12(18-19-15(20)24)9-16-14(22)17-11-7-5-10(6-8-11)13(21)23-4-2/h5-8H,3-4,9H2,1-2H3,(H,19,24)(H2,16,17,22). The SMILES string of the molecule is CCOC(=O)c1ccc(NC(=O)NCc2n[nH]c(=S)n2CC)cc1. The Morgan fingerprint density at radius 2 is 2.00 bits per heavy atom. The van der Waals surface area contributed by atoms with E-state index in [1.807, 2.05) is 6.92 Å². The van der Waals surface area contributed by atoms with Crippen LogP contribution in [0.3, 0.4) is 0 Å². The maximum atomic E-state index is 11.9. The van der Waals surface area contributed by atoms with E-state index in [9.17, 15) is 9.59 Å². The number of aromatic amines is 1. The first-order chi connectivity index (χ1) is 11.5. The third-order valence-electron chi connectivity index (χ3n) is 3.21. The van der Waals surface area contributed by atoms with E-state index in [4.69, 9.17) is 17.0 Å². The molecule has 24 heavy (non-hydrogen) atoms. The fourth-order valence-electron chi connectivity index (χ4n) is 2.05. The van der Waals surface area contributed by atoms with Crippen LogP contribution in [0.1, 0.15) is 30.0 Å². The molecule has 0 spiro atoms. The second-order valence-electron chi connectivity index (χ2n) is 4.79. The second-order valence-corrected chi connectivity index (χ2v) is 5.18. The zero-order valence-corrected chi connectivity index (χ0v) is 14.3. The van der Waals surface area contributed by atoms with Gasteiger partial charge in [-0.05, 0) is 50.3 Å². The third kappa shape index (κ3) is 4.42. The number of ether oxygens (including phenoxy) is 1. The summed E-state index contributed by atoms with van der Waals surface area (Å²) in [4.78, 5) is 23.5. The molecular formula is C15H19N5O3S. The number of anilines is 1. The number of hydrogen-bond acceptors (Lipinski definition) is 5. The fraction of sp³-hybridized carbons (Fsp3) is 0.333. The minimum atomic E-state index is -0.393. The molecule has 2 rings (SSSR count). The van der Waals surface area contributed by atoms with Crippen LogP contribution >= 0.6 is 12.2 Å². The number of urea groups is 1. The number of H-pyrrole nitrogens is 1. The van der Waals surface area contributed by atoms with E-state index < -0.39 is 5.97 Å². The van der Waals surface area contributed by atoms with E-state index in [0.717, 1.165) is 0 Å². The Morgan fingerprint density at radius 1 is 1.29 bits per heavy atom. The lowest BCUT2D eigenvalue weighted by molar-refractivity contribution is 0.0526. The molecule has 8 nitrogen and oxygen atoms in total. The van der Waals surface area contributed by atoms with Gasteiger partial charge >= 0.3 is 12.0 Å². The highest BCUT2D eigenvalue weighted by Crippen LogP contribution is 2.10. The predicted octanol–water partition coefficient (Wildman–Crippen LogP) is 2.46. The number of aromatic nitrogens is 3. The Bertz CT molecular complexity index is 766. The highest BCUT2D eigenvalue weighted by atomic mass is 32.1. The number of rotatable bonds is 6. The average molecular weight is 349 g/mol. The Labute approximate surface area is 144 Å². The van der Waals surface area contributed by atoms with Crippen LogP contribution in [-0.4, -0.2) is 33.4 Å². The molecule has 1 heterocycles. The highest BCUT2D eigenvalue weighted by Gasteiger charge is 2.09. The molecule has 2 amide bonds. The summed E-state index contributed by atoms with van der Waals surface area (Å²) in [6.45, 7) is 4.92. The Kier molecular flexibility index (Phi) is 6.07. The smallest absolute Gasteiger partial charge is 0.338 e. The van der Waals surface area contributed by atoms with Gasteiger partial charge in [0.25, 0.3) is 0 Å². The number of carbonyl (C=O) groups is 2. The molecule has 0 fully saturated rings. The number of benzene rings is 1. The van der Waals surface area contributed by atoms with Gasteiger partial charge in [0.1, 0.15) is 0 Å². The molecule has 0 saturated carbocycles. The zero-order chi connectivity index (χ0) is 17.5. The van der Waals surface area contributed by atoms with Crippen molar-refractivity contribution in [3.63, 3.8) is 0 Å². The Hall–Kier alpha value is -2.68. The number of carbonyl (C=O) groups excluding carboxylic acids is 2. The van der Waals surface area contributed by atoms with Gasteiger partial charge < -0.3 is 19.9 Å². The summed E-state index contributed by atoms with van der Waals surface area (Å²) < 4.78 is 7.21. The molecule has 0 atom stereocenters. The highest BCUT2D eigenvalue weighted by molar-refractivity contribution is 7.71. The minimum absolute atomic E-state index is 0.244. The van der Waals surface area contributed by atoms with Gasteiger partial charge in [0.15, 0.2) is 10.6 Å². The lowest BCUT2D eigenvalue weighted by atomic mass is 10.2. The predicted molar refractivity (Wildman–Crippen MR) is 91.3 cm³/mol. The van der Waals surface area contributed by atoms with Gasteiger partial charge in [0.05, 0.1) is 18.7 Å². The summed E-state index contributed by atoms with van der Waals surface area (Å²) >= 11 is 5.09. The lowest BCUT2D eigenvalue weighted by Crippen LogP contribution is -2.29. The van der Waals surface area contributed by atoms with E-state index in [1.54, 1.807) is 35.8 Å². The monoisotopic (exact) mass is 349 g/mol. The van der Waals surface area contributed by atoms with Gasteiger partial charge in [0, 0.05) is 12.2 Å². The maximum Gasteiger partial charge on any atom is 0.338 e. The second kappa shape index (κ2) is 8.25. The van der Waals surface area contributed by atoms with Crippen LogP contribution < -0.4 is 10.6 Å². The van der Waals surface area contributed by atoms with Crippen molar-refractivity contribution in [1.82, 2.24) is 20.1 Å². The van der Waals surface area contributed by atoms with Crippen LogP contribution in [0.4, 0.5) is 10.5 Å². The number of esters is 1. The van der Waals surface area contributed by atoms with Gasteiger partial charge in [-0.15, -0.1) is 0 Å². The van der Waals surface area contributed by atoms with Crippen molar-refractivity contribution in [2.24, 2.45) is 0 Å². The molecule has 0 bridgehead atoms. The van der Waals surface area contributed by atoms with Crippen molar-refractivity contribution >= 4 is 29.9 Å². The molecule has 9 heteroatoms. The lowest BCUT2D eigenvalue weighted by Gasteiger charge is -2.08. The van der Waals surface area contributed by atoms with Crippen molar-refractivity contribution in [3.05, 3.63) is 40.4 Å². The molecule has 0 radical (unpaired) electrons. The van der Waals surface area contributed by atoms with Crippen LogP contribution in [0.15, 0.2) is 24.3 Å². The van der Waals surface area contributed by atoms with Gasteiger partial charge in [-0.25, -0.2) is 9.59 Å². The van der Waals surface area contributed by atoms with Crippen molar-refractivity contribution in [2.75, 3.05) is 11.9 Å². The Morgan fingerprint density at radius 3 is 2.62 bits per heavy atom. The molecular weight excluding hydrogens is 330 g/mol. The van der Waals surface area contributed by atoms with Crippen LogP contribution in [0.5, 0.6) is 0 Å². The molecule has 0 aliphatic carbocycles. The number of nitrogens with one attached hydrogen (secondary N) is 3. The Balaban J connectivity index is 1.90. The summed E-state index contributed by atoms with van der Waals surface area (Å²) in [5.74, 6) is 0.256. The van der Waals surface area contributed by atoms with E-state index in [2.05, 4.69) is 20.8 Å². The van der Waals surface area contributed by atoms with Crippen molar-refractivity contribution in [2.45, 2.75) is 26.9 Å². The largest absolute Gasteiger partial charge is 0.462 e. The summed E-state index contributed by atoms with van der Waals surface area (Å²) in [6, 6.07) is 6.07. The fourth-order valence-corrected chi connectivity index (χ4v) is 2.33. The van der Waals surface area contributed by atoms with Crippen LogP contribution in [0.25, 0.3) is 0 Å². The van der Waals surface area contributed by atoms with Crippen LogP contribution in [-0.2, 0) is 17.8 Å². The van der Waals surface area contributed by atoms with Gasteiger partial charge in [0.2, 0.25) is 0 Å². The van der Waals surface area contributed by atoms with E-state index in [-0.39, 0.29) is 12.6 Å². The topological polar surface area (TPSA) is 101 Å². The van der Waals surface area contributed by atoms with Gasteiger partial charge in [-0.1, -0.05) is 0 Å². The van der Waals surface area contributed by atoms with Crippen molar-refractivity contribution in [3.8, 4) is 0 Å². The molecule has 1 aromatic carbocycles. The minimum Gasteiger partial charge on any atom is -0.462 e. The van der Waals surface area contributed by atoms with Crippen LogP contribution in [0, 0.1) is 4.77 Å². The first kappa shape index (κ1) is 17.7. The van der Waals surface area contributed by atoms with Crippen molar-refractivity contribution in [1.29, 1.82) is 0 Å². The first-order valence-corrected chi connectivity index (χ1v) is 7.92. The molecule has 3 N–H and O–H groups in total. The van der Waals surface area contributed by atoms with Crippen molar-refractivity contribution < 1.29 is 14.3 Å². The van der Waals surface area contributed by atoms with Gasteiger partial charge in [-0.2, -0.15) is 5.10 Å². The molecule has 0 aliphatic rings. The molecule has 1 aromatic heterocycles. The third-order valence-corrected chi connectivity index (χ3v) is 3.53. The quantitative estimate of drug-likeness (QED) is 0.549. The number of amides is 2. The zero-order valence-electron chi connectivity index (χ0n) is 13.5. The molecule has 0 unspecified atom stereocenters. The van der Waals surface area contributed by atoms with E-state index in [1.165, 1.54) is 0 Å². The summed E-state index contributed by atoms with van der Waals surface area (Å²) in [6.07, 6.45) is 0. The molecule has 2 aromatic rings. The van der Waals surface area contributed by atoms with Gasteiger partial charge in [-0.3, -0.25) is 5.10 Å². The van der Waals surface area contributed by atoms with Crippen LogP contribution in [0.2, 0.25) is 0 Å². The first-order valence-electron chi connectivity index (χ1n) is 7.51. The number of nitrogens with zero attached hydrogens (tertiary/aromatic N) is 2. The summed E-state index contributed by atoms with van der Waals surface area (Å²) in [7, 11) is 0. The molecule has 0 aliphatic heterocycles. The molecule has 0 saturated heterocycles. The summed E-state index contributed by atoms with van der Waals surface area (Å²) in [5, 5.41) is 12.1. The van der Waals surface area contributed by atoms with E-state index in [0.29, 0.717) is 35.0 Å². The maximum absolute atomic E-state index is 11.9. The number of hydrogen-bond donors (Lipinski definition) is 3. The van der Waals surface area contributed by atoms with E-state index >= 15 is 0 Å². The normalized spacial score (nSPS) is 10.2. The average Bonchev–Trinajstić information content (AvgIpc) is 2.93. The molecule has 128 valence electrons.